The van der Waals surface area contributed by atoms with Crippen molar-refractivity contribution in [2.45, 2.75) is 25.4 Å². The lowest BCUT2D eigenvalue weighted by molar-refractivity contribution is 0.0953. The number of phenolic OH excluding ortho intramolecular Hbond substituents is 1. The number of phenols is 1. The van der Waals surface area contributed by atoms with Gasteiger partial charge in [0.1, 0.15) is 18.1 Å². The molecular weight excluding hydrogens is 460 g/mol. The van der Waals surface area contributed by atoms with Crippen molar-refractivity contribution in [3.63, 3.8) is 0 Å². The van der Waals surface area contributed by atoms with Gasteiger partial charge < -0.3 is 30.6 Å². The maximum Gasteiger partial charge on any atom is 0.251 e. The fraction of sp³-hybridized carbons (Fsp3) is 0.407. The van der Waals surface area contributed by atoms with Crippen LogP contribution in [0.1, 0.15) is 41.3 Å². The quantitative estimate of drug-likeness (QED) is 0.259. The number of aromatic nitrogens is 1. The molecule has 9 nitrogen and oxygen atoms in total. The zero-order valence-electron chi connectivity index (χ0n) is 20.3. The van der Waals surface area contributed by atoms with Crippen LogP contribution in [0.5, 0.6) is 11.5 Å². The van der Waals surface area contributed by atoms with Crippen LogP contribution in [0.15, 0.2) is 53.3 Å². The summed E-state index contributed by atoms with van der Waals surface area (Å²) in [5.41, 5.74) is 1.12. The van der Waals surface area contributed by atoms with Gasteiger partial charge in [-0.25, -0.2) is 0 Å². The van der Waals surface area contributed by atoms with Crippen LogP contribution in [-0.2, 0) is 0 Å². The van der Waals surface area contributed by atoms with Gasteiger partial charge in [-0.05, 0) is 67.9 Å². The van der Waals surface area contributed by atoms with Gasteiger partial charge in [-0.15, -0.1) is 0 Å². The first-order valence-electron chi connectivity index (χ1n) is 12.5. The second-order valence-electron chi connectivity index (χ2n) is 9.04. The van der Waals surface area contributed by atoms with Crippen molar-refractivity contribution < 1.29 is 19.7 Å². The Bertz CT molecular complexity index is 1210. The van der Waals surface area contributed by atoms with E-state index < -0.39 is 6.10 Å². The normalized spacial score (nSPS) is 15.0. The molecule has 2 aromatic carbocycles. The molecule has 5 N–H and O–H groups in total. The van der Waals surface area contributed by atoms with E-state index in [1.165, 1.54) is 31.4 Å². The molecule has 1 aliphatic rings. The molecule has 0 aliphatic carbocycles. The van der Waals surface area contributed by atoms with Crippen LogP contribution in [0.4, 0.5) is 0 Å². The van der Waals surface area contributed by atoms with Gasteiger partial charge in [-0.2, -0.15) is 0 Å². The number of aromatic amines is 1. The highest BCUT2D eigenvalue weighted by atomic mass is 16.5. The zero-order chi connectivity index (χ0) is 25.3. The van der Waals surface area contributed by atoms with E-state index in [1.807, 2.05) is 12.1 Å². The summed E-state index contributed by atoms with van der Waals surface area (Å²) in [6, 6.07) is 13.1. The summed E-state index contributed by atoms with van der Waals surface area (Å²) in [4.78, 5) is 29.0. The molecule has 1 amide bonds. The van der Waals surface area contributed by atoms with E-state index in [0.717, 1.165) is 25.4 Å². The molecule has 9 heteroatoms. The lowest BCUT2D eigenvalue weighted by Gasteiger charge is -2.26. The fourth-order valence-electron chi connectivity index (χ4n) is 4.44. The van der Waals surface area contributed by atoms with Crippen molar-refractivity contribution in [2.75, 3.05) is 45.9 Å². The molecule has 4 rings (SSSR count). The Morgan fingerprint density at radius 1 is 1.03 bits per heavy atom. The SMILES string of the molecule is O=C(NCCNC[C@H](O)c1ccc(O)c2[nH]c(=O)ccc12)c1ccc(OCCN2CCCCC2)cc1. The van der Waals surface area contributed by atoms with Gasteiger partial charge in [0.05, 0.1) is 11.6 Å². The lowest BCUT2D eigenvalue weighted by Crippen LogP contribution is -2.33. The summed E-state index contributed by atoms with van der Waals surface area (Å²) in [5.74, 6) is 0.530. The Morgan fingerprint density at radius 2 is 1.81 bits per heavy atom. The van der Waals surface area contributed by atoms with Gasteiger partial charge >= 0.3 is 0 Å². The first-order chi connectivity index (χ1) is 17.5. The minimum absolute atomic E-state index is 0.0497. The molecule has 0 spiro atoms. The Morgan fingerprint density at radius 3 is 2.58 bits per heavy atom. The molecule has 192 valence electrons. The van der Waals surface area contributed by atoms with Gasteiger partial charge in [0.15, 0.2) is 0 Å². The number of rotatable bonds is 11. The number of ether oxygens (including phenoxy) is 1. The number of aromatic hydroxyl groups is 1. The van der Waals surface area contributed by atoms with Crippen molar-refractivity contribution in [1.82, 2.24) is 20.5 Å². The highest BCUT2D eigenvalue weighted by Crippen LogP contribution is 2.28. The molecule has 1 saturated heterocycles. The number of carbonyl (C=O) groups excluding carboxylic acids is 1. The molecule has 1 aromatic heterocycles. The van der Waals surface area contributed by atoms with Gasteiger partial charge in [0.2, 0.25) is 5.56 Å². The summed E-state index contributed by atoms with van der Waals surface area (Å²) in [5, 5.41) is 27.1. The number of piperidine rings is 1. The fourth-order valence-corrected chi connectivity index (χ4v) is 4.44. The number of aliphatic hydroxyl groups excluding tert-OH is 1. The van der Waals surface area contributed by atoms with Crippen molar-refractivity contribution in [3.05, 3.63) is 70.0 Å². The van der Waals surface area contributed by atoms with Crippen LogP contribution in [0, 0.1) is 0 Å². The summed E-state index contributed by atoms with van der Waals surface area (Å²) >= 11 is 0. The third-order valence-electron chi connectivity index (χ3n) is 6.43. The zero-order valence-corrected chi connectivity index (χ0v) is 20.3. The highest BCUT2D eigenvalue weighted by Gasteiger charge is 2.14. The minimum atomic E-state index is -0.850. The molecule has 2 heterocycles. The molecule has 0 saturated carbocycles. The largest absolute Gasteiger partial charge is 0.506 e. The van der Waals surface area contributed by atoms with Gasteiger partial charge in [0, 0.05) is 43.2 Å². The van der Waals surface area contributed by atoms with Crippen molar-refractivity contribution in [2.24, 2.45) is 0 Å². The van der Waals surface area contributed by atoms with E-state index in [1.54, 1.807) is 24.3 Å². The maximum atomic E-state index is 12.4. The number of hydrogen-bond acceptors (Lipinski definition) is 7. The van der Waals surface area contributed by atoms with Crippen LogP contribution in [-0.4, -0.2) is 71.9 Å². The van der Waals surface area contributed by atoms with Crippen molar-refractivity contribution in [1.29, 1.82) is 0 Å². The molecule has 0 bridgehead atoms. The van der Waals surface area contributed by atoms with E-state index >= 15 is 0 Å². The molecule has 0 radical (unpaired) electrons. The van der Waals surface area contributed by atoms with E-state index in [0.29, 0.717) is 41.7 Å². The molecule has 0 unspecified atom stereocenters. The Kier molecular flexibility index (Phi) is 8.94. The van der Waals surface area contributed by atoms with E-state index in [2.05, 4.69) is 20.5 Å². The first kappa shape index (κ1) is 25.7. The standard InChI is InChI=1S/C27H34N4O5/c32-23-10-8-21(22-9-11-25(34)30-26(22)23)24(33)18-28-12-13-29-27(35)19-4-6-20(7-5-19)36-17-16-31-14-2-1-3-15-31/h4-11,24,28,32-33H,1-3,12-18H2,(H,29,35)(H,30,34)/t24-/m0/s1. The Labute approximate surface area is 210 Å². The number of nitrogens with one attached hydrogen (secondary N) is 3. The number of hydrogen-bond donors (Lipinski definition) is 5. The smallest absolute Gasteiger partial charge is 0.251 e. The topological polar surface area (TPSA) is 127 Å². The number of nitrogens with zero attached hydrogens (tertiary/aromatic N) is 1. The van der Waals surface area contributed by atoms with Crippen molar-refractivity contribution >= 4 is 16.8 Å². The molecular formula is C27H34N4O5. The predicted molar refractivity (Wildman–Crippen MR) is 139 cm³/mol. The number of pyridine rings is 1. The average molecular weight is 495 g/mol. The summed E-state index contributed by atoms with van der Waals surface area (Å²) < 4.78 is 5.82. The van der Waals surface area contributed by atoms with Crippen LogP contribution in [0.25, 0.3) is 10.9 Å². The van der Waals surface area contributed by atoms with Crippen LogP contribution in [0.3, 0.4) is 0 Å². The summed E-state index contributed by atoms with van der Waals surface area (Å²) in [7, 11) is 0. The number of likely N-dealkylation sites (tertiary alicyclic amines) is 1. The third-order valence-corrected chi connectivity index (χ3v) is 6.43. The predicted octanol–water partition coefficient (Wildman–Crippen LogP) is 2.15. The van der Waals surface area contributed by atoms with E-state index in [-0.39, 0.29) is 23.8 Å². The third kappa shape index (κ3) is 6.84. The molecule has 1 aliphatic heterocycles. The van der Waals surface area contributed by atoms with Gasteiger partial charge in [0.25, 0.3) is 5.91 Å². The van der Waals surface area contributed by atoms with Crippen LogP contribution in [0.2, 0.25) is 0 Å². The van der Waals surface area contributed by atoms with E-state index in [4.69, 9.17) is 4.74 Å². The lowest BCUT2D eigenvalue weighted by atomic mass is 10.0. The summed E-state index contributed by atoms with van der Waals surface area (Å²) in [6.07, 6.45) is 2.99. The second-order valence-corrected chi connectivity index (χ2v) is 9.04. The van der Waals surface area contributed by atoms with Crippen molar-refractivity contribution in [3.8, 4) is 11.5 Å². The summed E-state index contributed by atoms with van der Waals surface area (Å²) in [6.45, 7) is 4.96. The highest BCUT2D eigenvalue weighted by molar-refractivity contribution is 5.94. The molecule has 36 heavy (non-hydrogen) atoms. The minimum Gasteiger partial charge on any atom is -0.506 e. The molecule has 3 aromatic rings. The number of carbonyl (C=O) groups is 1. The van der Waals surface area contributed by atoms with Crippen LogP contribution < -0.4 is 20.9 Å². The number of fused-ring (bicyclic) bond motifs is 1. The van der Waals surface area contributed by atoms with Crippen LogP contribution >= 0.6 is 0 Å². The van der Waals surface area contributed by atoms with Gasteiger partial charge in [-0.1, -0.05) is 12.5 Å². The second kappa shape index (κ2) is 12.5. The average Bonchev–Trinajstić information content (AvgIpc) is 2.90. The number of H-pyrrole nitrogens is 1. The van der Waals surface area contributed by atoms with Gasteiger partial charge in [-0.3, -0.25) is 14.5 Å². The molecule has 1 atom stereocenters. The monoisotopic (exact) mass is 494 g/mol. The first-order valence-corrected chi connectivity index (χ1v) is 12.5. The number of amides is 1. The maximum absolute atomic E-state index is 12.4. The Balaban J connectivity index is 1.17. The number of benzene rings is 2. The van der Waals surface area contributed by atoms with E-state index in [9.17, 15) is 19.8 Å². The number of aliphatic hydroxyl groups is 1. The molecule has 1 fully saturated rings. The Hall–Kier alpha value is -3.40.